The first kappa shape index (κ1) is 13.9. The molecule has 0 aliphatic rings. The molecule has 0 aromatic heterocycles. The molecule has 0 rings (SSSR count). The molecule has 1 atom stereocenters. The van der Waals surface area contributed by atoms with Crippen LogP contribution in [-0.2, 0) is 4.74 Å². The van der Waals surface area contributed by atoms with E-state index in [2.05, 4.69) is 34.6 Å². The summed E-state index contributed by atoms with van der Waals surface area (Å²) >= 11 is 0. The summed E-state index contributed by atoms with van der Waals surface area (Å²) in [7, 11) is 0. The van der Waals surface area contributed by atoms with Crippen molar-refractivity contribution in [2.45, 2.75) is 53.5 Å². The van der Waals surface area contributed by atoms with Crippen LogP contribution in [0.15, 0.2) is 0 Å². The second kappa shape index (κ2) is 6.41. The van der Waals surface area contributed by atoms with Gasteiger partial charge in [-0.25, -0.2) is 0 Å². The van der Waals surface area contributed by atoms with Crippen LogP contribution in [0.2, 0.25) is 0 Å². The predicted octanol–water partition coefficient (Wildman–Crippen LogP) is 2.81. The quantitative estimate of drug-likeness (QED) is 0.671. The molecule has 2 N–H and O–H groups in total. The monoisotopic (exact) mass is 201 g/mol. The van der Waals surface area contributed by atoms with Gasteiger partial charge >= 0.3 is 0 Å². The van der Waals surface area contributed by atoms with Gasteiger partial charge in [-0.05, 0) is 24.2 Å². The minimum Gasteiger partial charge on any atom is -0.381 e. The molecule has 0 saturated heterocycles. The Hall–Kier alpha value is -0.0800. The SMILES string of the molecule is CC(C)CCOCCC(N)C(C)(C)C. The van der Waals surface area contributed by atoms with E-state index in [4.69, 9.17) is 10.5 Å². The van der Waals surface area contributed by atoms with Gasteiger partial charge in [-0.15, -0.1) is 0 Å². The first-order chi connectivity index (χ1) is 6.34. The lowest BCUT2D eigenvalue weighted by Crippen LogP contribution is -2.36. The highest BCUT2D eigenvalue weighted by atomic mass is 16.5. The number of hydrogen-bond acceptors (Lipinski definition) is 2. The highest BCUT2D eigenvalue weighted by Crippen LogP contribution is 2.19. The normalized spacial score (nSPS) is 14.8. The smallest absolute Gasteiger partial charge is 0.0480 e. The van der Waals surface area contributed by atoms with Crippen molar-refractivity contribution in [1.29, 1.82) is 0 Å². The summed E-state index contributed by atoms with van der Waals surface area (Å²) < 4.78 is 5.53. The third-order valence-electron chi connectivity index (χ3n) is 2.53. The fourth-order valence-corrected chi connectivity index (χ4v) is 1.06. The lowest BCUT2D eigenvalue weighted by atomic mass is 9.86. The molecule has 1 unspecified atom stereocenters. The molecule has 0 fully saturated rings. The number of rotatable bonds is 6. The predicted molar refractivity (Wildman–Crippen MR) is 62.3 cm³/mol. The van der Waals surface area contributed by atoms with Crippen LogP contribution in [0.5, 0.6) is 0 Å². The highest BCUT2D eigenvalue weighted by Gasteiger charge is 2.19. The van der Waals surface area contributed by atoms with E-state index in [-0.39, 0.29) is 11.5 Å². The summed E-state index contributed by atoms with van der Waals surface area (Å²) in [6.07, 6.45) is 2.10. The molecule has 0 spiro atoms. The Morgan fingerprint density at radius 3 is 2.00 bits per heavy atom. The van der Waals surface area contributed by atoms with E-state index in [1.807, 2.05) is 0 Å². The first-order valence-electron chi connectivity index (χ1n) is 5.67. The van der Waals surface area contributed by atoms with Crippen molar-refractivity contribution in [3.05, 3.63) is 0 Å². The van der Waals surface area contributed by atoms with Gasteiger partial charge in [0, 0.05) is 19.3 Å². The summed E-state index contributed by atoms with van der Waals surface area (Å²) in [5.74, 6) is 0.728. The molecule has 14 heavy (non-hydrogen) atoms. The molecule has 86 valence electrons. The number of ether oxygens (including phenoxy) is 1. The van der Waals surface area contributed by atoms with E-state index in [0.717, 1.165) is 32.0 Å². The Bertz CT molecular complexity index is 138. The third-order valence-corrected chi connectivity index (χ3v) is 2.53. The molecule has 0 saturated carbocycles. The maximum Gasteiger partial charge on any atom is 0.0480 e. The molecule has 0 aliphatic carbocycles. The van der Waals surface area contributed by atoms with E-state index < -0.39 is 0 Å². The Morgan fingerprint density at radius 1 is 1.07 bits per heavy atom. The molecule has 2 heteroatoms. The van der Waals surface area contributed by atoms with Crippen LogP contribution >= 0.6 is 0 Å². The average Bonchev–Trinajstić information content (AvgIpc) is 2.01. The van der Waals surface area contributed by atoms with Crippen LogP contribution in [0.1, 0.15) is 47.5 Å². The summed E-state index contributed by atoms with van der Waals surface area (Å²) in [6.45, 7) is 12.6. The summed E-state index contributed by atoms with van der Waals surface area (Å²) in [6, 6.07) is 0.238. The molecule has 0 amide bonds. The van der Waals surface area contributed by atoms with Crippen LogP contribution in [-0.4, -0.2) is 19.3 Å². The van der Waals surface area contributed by atoms with Crippen molar-refractivity contribution in [3.8, 4) is 0 Å². The zero-order valence-corrected chi connectivity index (χ0v) is 10.5. The van der Waals surface area contributed by atoms with Gasteiger partial charge in [-0.2, -0.15) is 0 Å². The van der Waals surface area contributed by atoms with E-state index in [1.165, 1.54) is 0 Å². The second-order valence-electron chi connectivity index (χ2n) is 5.56. The molecule has 0 aromatic rings. The first-order valence-corrected chi connectivity index (χ1v) is 5.67. The highest BCUT2D eigenvalue weighted by molar-refractivity contribution is 4.76. The lowest BCUT2D eigenvalue weighted by molar-refractivity contribution is 0.106. The van der Waals surface area contributed by atoms with Gasteiger partial charge in [0.25, 0.3) is 0 Å². The van der Waals surface area contributed by atoms with Crippen molar-refractivity contribution in [2.75, 3.05) is 13.2 Å². The van der Waals surface area contributed by atoms with Gasteiger partial charge < -0.3 is 10.5 Å². The van der Waals surface area contributed by atoms with Gasteiger partial charge in [-0.1, -0.05) is 34.6 Å². The van der Waals surface area contributed by atoms with Crippen LogP contribution in [0, 0.1) is 11.3 Å². The van der Waals surface area contributed by atoms with E-state index in [1.54, 1.807) is 0 Å². The zero-order chi connectivity index (χ0) is 11.2. The summed E-state index contributed by atoms with van der Waals surface area (Å²) in [5.41, 5.74) is 6.21. The fraction of sp³-hybridized carbons (Fsp3) is 1.00. The standard InChI is InChI=1S/C12H27NO/c1-10(2)6-8-14-9-7-11(13)12(3,4)5/h10-11H,6-9,13H2,1-5H3. The van der Waals surface area contributed by atoms with Gasteiger partial charge in [0.1, 0.15) is 0 Å². The summed E-state index contributed by atoms with van der Waals surface area (Å²) in [5, 5.41) is 0. The van der Waals surface area contributed by atoms with Gasteiger partial charge in [-0.3, -0.25) is 0 Å². The Morgan fingerprint density at radius 2 is 1.57 bits per heavy atom. The van der Waals surface area contributed by atoms with Gasteiger partial charge in [0.05, 0.1) is 0 Å². The van der Waals surface area contributed by atoms with Crippen molar-refractivity contribution in [1.82, 2.24) is 0 Å². The zero-order valence-electron chi connectivity index (χ0n) is 10.5. The van der Waals surface area contributed by atoms with Crippen molar-refractivity contribution >= 4 is 0 Å². The average molecular weight is 201 g/mol. The third kappa shape index (κ3) is 7.34. The van der Waals surface area contributed by atoms with Crippen LogP contribution in [0.4, 0.5) is 0 Å². The van der Waals surface area contributed by atoms with Crippen LogP contribution in [0.25, 0.3) is 0 Å². The van der Waals surface area contributed by atoms with E-state index in [9.17, 15) is 0 Å². The molecule has 0 aliphatic heterocycles. The molecule has 0 aromatic carbocycles. The molecule has 2 nitrogen and oxygen atoms in total. The minimum atomic E-state index is 0.196. The maximum absolute atomic E-state index is 6.01. The maximum atomic E-state index is 6.01. The minimum absolute atomic E-state index is 0.196. The molecular weight excluding hydrogens is 174 g/mol. The van der Waals surface area contributed by atoms with Crippen LogP contribution < -0.4 is 5.73 Å². The Kier molecular flexibility index (Phi) is 6.38. The van der Waals surface area contributed by atoms with Crippen molar-refractivity contribution in [2.24, 2.45) is 17.1 Å². The summed E-state index contributed by atoms with van der Waals surface area (Å²) in [4.78, 5) is 0. The van der Waals surface area contributed by atoms with Crippen molar-refractivity contribution in [3.63, 3.8) is 0 Å². The van der Waals surface area contributed by atoms with Crippen LogP contribution in [0.3, 0.4) is 0 Å². The van der Waals surface area contributed by atoms with E-state index in [0.29, 0.717) is 0 Å². The Labute approximate surface area is 89.2 Å². The Balaban J connectivity index is 3.37. The topological polar surface area (TPSA) is 35.2 Å². The van der Waals surface area contributed by atoms with Crippen molar-refractivity contribution < 1.29 is 4.74 Å². The largest absolute Gasteiger partial charge is 0.381 e. The number of hydrogen-bond donors (Lipinski definition) is 1. The van der Waals surface area contributed by atoms with E-state index >= 15 is 0 Å². The fourth-order valence-electron chi connectivity index (χ4n) is 1.06. The molecule has 0 heterocycles. The molecule has 0 radical (unpaired) electrons. The second-order valence-corrected chi connectivity index (χ2v) is 5.56. The number of nitrogens with two attached hydrogens (primary N) is 1. The molecule has 0 bridgehead atoms. The lowest BCUT2D eigenvalue weighted by Gasteiger charge is -2.26. The van der Waals surface area contributed by atoms with Gasteiger partial charge in [0.2, 0.25) is 0 Å². The molecular formula is C12H27NO. The van der Waals surface area contributed by atoms with Gasteiger partial charge in [0.15, 0.2) is 0 Å².